The lowest BCUT2D eigenvalue weighted by atomic mass is 10.2. The minimum absolute atomic E-state index is 0.757. The van der Waals surface area contributed by atoms with Crippen LogP contribution in [0.5, 0.6) is 0 Å². The molecule has 0 saturated carbocycles. The zero-order valence-corrected chi connectivity index (χ0v) is 11.5. The molecule has 2 aromatic rings. The molecule has 0 aliphatic rings. The number of hydrogen-bond donors (Lipinski definition) is 1. The van der Waals surface area contributed by atoms with E-state index in [0.717, 1.165) is 30.4 Å². The van der Waals surface area contributed by atoms with Crippen LogP contribution in [0.4, 0.5) is 0 Å². The largest absolute Gasteiger partial charge is 0.313 e. The van der Waals surface area contributed by atoms with Crippen molar-refractivity contribution < 1.29 is 0 Å². The molecule has 3 nitrogen and oxygen atoms in total. The van der Waals surface area contributed by atoms with Crippen molar-refractivity contribution in [3.63, 3.8) is 0 Å². The third-order valence-electron chi connectivity index (χ3n) is 2.85. The Morgan fingerprint density at radius 1 is 1.39 bits per heavy atom. The summed E-state index contributed by atoms with van der Waals surface area (Å²) >= 11 is 5.98. The Morgan fingerprint density at radius 2 is 2.22 bits per heavy atom. The minimum Gasteiger partial charge on any atom is -0.313 e. The molecule has 0 amide bonds. The molecular formula is C14H18ClN3. The molecule has 0 saturated heterocycles. The molecular weight excluding hydrogens is 246 g/mol. The van der Waals surface area contributed by atoms with Gasteiger partial charge >= 0.3 is 0 Å². The normalized spacial score (nSPS) is 10.8. The Balaban J connectivity index is 2.10. The van der Waals surface area contributed by atoms with Crippen LogP contribution < -0.4 is 5.32 Å². The van der Waals surface area contributed by atoms with Crippen molar-refractivity contribution in [3.05, 3.63) is 52.3 Å². The predicted octanol–water partition coefficient (Wildman–Crippen LogP) is 3.00. The van der Waals surface area contributed by atoms with E-state index < -0.39 is 0 Å². The van der Waals surface area contributed by atoms with Crippen LogP contribution >= 0.6 is 11.6 Å². The van der Waals surface area contributed by atoms with Crippen LogP contribution in [0.3, 0.4) is 0 Å². The van der Waals surface area contributed by atoms with Gasteiger partial charge in [-0.25, -0.2) is 0 Å². The number of benzene rings is 1. The topological polar surface area (TPSA) is 29.9 Å². The Hall–Kier alpha value is -1.32. The van der Waals surface area contributed by atoms with E-state index in [1.54, 1.807) is 0 Å². The molecule has 1 N–H and O–H groups in total. The van der Waals surface area contributed by atoms with Gasteiger partial charge in [0.15, 0.2) is 0 Å². The Bertz CT molecular complexity index is 520. The lowest BCUT2D eigenvalue weighted by Gasteiger charge is -2.02. The van der Waals surface area contributed by atoms with Gasteiger partial charge in [0.25, 0.3) is 0 Å². The molecule has 1 heterocycles. The number of aromatic nitrogens is 2. The first-order valence-electron chi connectivity index (χ1n) is 6.17. The molecule has 0 radical (unpaired) electrons. The summed E-state index contributed by atoms with van der Waals surface area (Å²) in [5, 5.41) is 8.61. The molecule has 0 atom stereocenters. The highest BCUT2D eigenvalue weighted by Gasteiger charge is 2.04. The smallest absolute Gasteiger partial charge is 0.0660 e. The zero-order chi connectivity index (χ0) is 13.0. The summed E-state index contributed by atoms with van der Waals surface area (Å²) in [6, 6.07) is 7.89. The van der Waals surface area contributed by atoms with Gasteiger partial charge < -0.3 is 5.32 Å². The zero-order valence-electron chi connectivity index (χ0n) is 10.8. The number of rotatable bonds is 5. The molecule has 0 spiro atoms. The first-order valence-corrected chi connectivity index (χ1v) is 6.55. The summed E-state index contributed by atoms with van der Waals surface area (Å²) in [7, 11) is 0. The van der Waals surface area contributed by atoms with Crippen LogP contribution in [0.1, 0.15) is 23.7 Å². The number of halogens is 1. The van der Waals surface area contributed by atoms with E-state index in [4.69, 9.17) is 11.6 Å². The maximum atomic E-state index is 5.98. The lowest BCUT2D eigenvalue weighted by molar-refractivity contribution is 0.678. The molecule has 0 bridgehead atoms. The van der Waals surface area contributed by atoms with Crippen molar-refractivity contribution in [3.8, 4) is 0 Å². The van der Waals surface area contributed by atoms with E-state index in [9.17, 15) is 0 Å². The Morgan fingerprint density at radius 3 is 2.94 bits per heavy atom. The number of nitrogens with zero attached hydrogens (tertiary/aromatic N) is 2. The van der Waals surface area contributed by atoms with Crippen LogP contribution in [-0.4, -0.2) is 16.3 Å². The average Bonchev–Trinajstić information content (AvgIpc) is 2.67. The summed E-state index contributed by atoms with van der Waals surface area (Å²) < 4.78 is 1.97. The summed E-state index contributed by atoms with van der Waals surface area (Å²) in [5.41, 5.74) is 3.50. The van der Waals surface area contributed by atoms with Gasteiger partial charge in [0.1, 0.15) is 0 Å². The Labute approximate surface area is 113 Å². The van der Waals surface area contributed by atoms with Gasteiger partial charge in [0, 0.05) is 23.3 Å². The summed E-state index contributed by atoms with van der Waals surface area (Å²) in [6.07, 6.45) is 2.10. The van der Waals surface area contributed by atoms with E-state index >= 15 is 0 Å². The van der Waals surface area contributed by atoms with Gasteiger partial charge in [-0.15, -0.1) is 0 Å². The van der Waals surface area contributed by atoms with Crippen LogP contribution in [0.25, 0.3) is 0 Å². The third kappa shape index (κ3) is 3.34. The standard InChI is InChI=1S/C14H18ClN3/c1-3-16-8-13-10-18(17-11(13)2)9-12-5-4-6-14(15)7-12/h4-7,10,16H,3,8-9H2,1-2H3. The van der Waals surface area contributed by atoms with Gasteiger partial charge in [-0.05, 0) is 31.2 Å². The molecule has 1 aromatic heterocycles. The second-order valence-electron chi connectivity index (χ2n) is 4.35. The molecule has 0 unspecified atom stereocenters. The van der Waals surface area contributed by atoms with Crippen LogP contribution in [-0.2, 0) is 13.1 Å². The van der Waals surface area contributed by atoms with E-state index in [2.05, 4.69) is 29.6 Å². The molecule has 96 valence electrons. The number of nitrogens with one attached hydrogen (secondary N) is 1. The summed E-state index contributed by atoms with van der Waals surface area (Å²) in [5.74, 6) is 0. The fraction of sp³-hybridized carbons (Fsp3) is 0.357. The second kappa shape index (κ2) is 6.03. The molecule has 4 heteroatoms. The van der Waals surface area contributed by atoms with Crippen LogP contribution in [0.2, 0.25) is 5.02 Å². The second-order valence-corrected chi connectivity index (χ2v) is 4.78. The monoisotopic (exact) mass is 263 g/mol. The van der Waals surface area contributed by atoms with Gasteiger partial charge in [-0.2, -0.15) is 5.10 Å². The average molecular weight is 264 g/mol. The molecule has 0 aliphatic carbocycles. The first-order chi connectivity index (χ1) is 8.69. The predicted molar refractivity (Wildman–Crippen MR) is 74.9 cm³/mol. The fourth-order valence-electron chi connectivity index (χ4n) is 1.90. The molecule has 1 aromatic carbocycles. The van der Waals surface area contributed by atoms with Gasteiger partial charge in [-0.1, -0.05) is 30.7 Å². The van der Waals surface area contributed by atoms with E-state index in [0.29, 0.717) is 0 Å². The van der Waals surface area contributed by atoms with Crippen molar-refractivity contribution in [1.82, 2.24) is 15.1 Å². The van der Waals surface area contributed by atoms with Gasteiger partial charge in [-0.3, -0.25) is 4.68 Å². The van der Waals surface area contributed by atoms with E-state index in [1.807, 2.05) is 29.8 Å². The minimum atomic E-state index is 0.757. The van der Waals surface area contributed by atoms with Gasteiger partial charge in [0.05, 0.1) is 12.2 Å². The highest BCUT2D eigenvalue weighted by Crippen LogP contribution is 2.13. The Kier molecular flexibility index (Phi) is 4.39. The van der Waals surface area contributed by atoms with Crippen molar-refractivity contribution in [1.29, 1.82) is 0 Å². The molecule has 0 fully saturated rings. The number of aryl methyl sites for hydroxylation is 1. The van der Waals surface area contributed by atoms with Crippen molar-refractivity contribution in [2.24, 2.45) is 0 Å². The lowest BCUT2D eigenvalue weighted by Crippen LogP contribution is -2.11. The molecule has 2 rings (SSSR count). The van der Waals surface area contributed by atoms with Crippen molar-refractivity contribution in [2.45, 2.75) is 26.9 Å². The van der Waals surface area contributed by atoms with Gasteiger partial charge in [0.2, 0.25) is 0 Å². The van der Waals surface area contributed by atoms with Crippen molar-refractivity contribution >= 4 is 11.6 Å². The highest BCUT2D eigenvalue weighted by atomic mass is 35.5. The fourth-order valence-corrected chi connectivity index (χ4v) is 2.11. The number of hydrogen-bond acceptors (Lipinski definition) is 2. The first kappa shape index (κ1) is 13.1. The van der Waals surface area contributed by atoms with Crippen molar-refractivity contribution in [2.75, 3.05) is 6.54 Å². The SMILES string of the molecule is CCNCc1cn(Cc2cccc(Cl)c2)nc1C. The maximum absolute atomic E-state index is 5.98. The van der Waals surface area contributed by atoms with E-state index in [-0.39, 0.29) is 0 Å². The molecule has 0 aliphatic heterocycles. The van der Waals surface area contributed by atoms with Crippen LogP contribution in [0, 0.1) is 6.92 Å². The third-order valence-corrected chi connectivity index (χ3v) is 3.08. The van der Waals surface area contributed by atoms with E-state index in [1.165, 1.54) is 11.1 Å². The quantitative estimate of drug-likeness (QED) is 0.899. The maximum Gasteiger partial charge on any atom is 0.0660 e. The summed E-state index contributed by atoms with van der Waals surface area (Å²) in [4.78, 5) is 0. The summed E-state index contributed by atoms with van der Waals surface area (Å²) in [6.45, 7) is 6.75. The van der Waals surface area contributed by atoms with Crippen LogP contribution in [0.15, 0.2) is 30.5 Å². The highest BCUT2D eigenvalue weighted by molar-refractivity contribution is 6.30. The molecule has 18 heavy (non-hydrogen) atoms.